The average Bonchev–Trinajstić information content (AvgIpc) is 3.31. The number of hydrogen-bond acceptors (Lipinski definition) is 7. The van der Waals surface area contributed by atoms with Gasteiger partial charge in [-0.1, -0.05) is 36.4 Å². The second-order valence-electron chi connectivity index (χ2n) is 6.95. The summed E-state index contributed by atoms with van der Waals surface area (Å²) < 4.78 is 42.6. The van der Waals surface area contributed by atoms with Crippen LogP contribution in [0.4, 0.5) is 5.69 Å². The van der Waals surface area contributed by atoms with Gasteiger partial charge in [0.05, 0.1) is 18.8 Å². The molecule has 4 rings (SSSR count). The zero-order chi connectivity index (χ0) is 22.7. The SMILES string of the molecule is COc1ccc(N(C)C(=O)[C@@H](NS(=O)(=O)c2cccc3nsnc23)c2ccccc2)cc1. The first-order valence-corrected chi connectivity index (χ1v) is 11.8. The highest BCUT2D eigenvalue weighted by Crippen LogP contribution is 2.26. The van der Waals surface area contributed by atoms with Crippen LogP contribution < -0.4 is 14.4 Å². The molecule has 8 nitrogen and oxygen atoms in total. The molecule has 1 heterocycles. The Bertz CT molecular complexity index is 1340. The lowest BCUT2D eigenvalue weighted by Gasteiger charge is -2.25. The fourth-order valence-corrected chi connectivity index (χ4v) is 5.19. The predicted octanol–water partition coefficient (Wildman–Crippen LogP) is 3.38. The summed E-state index contributed by atoms with van der Waals surface area (Å²) in [6.07, 6.45) is 0. The van der Waals surface area contributed by atoms with Crippen LogP contribution in [0.1, 0.15) is 11.6 Å². The van der Waals surface area contributed by atoms with Crippen LogP contribution in [0.5, 0.6) is 5.75 Å². The van der Waals surface area contributed by atoms with Gasteiger partial charge in [0.25, 0.3) is 0 Å². The van der Waals surface area contributed by atoms with Gasteiger partial charge in [-0.15, -0.1) is 0 Å². The maximum absolute atomic E-state index is 13.5. The number of sulfonamides is 1. The number of likely N-dealkylation sites (N-methyl/N-ethyl adjacent to an activating group) is 1. The maximum Gasteiger partial charge on any atom is 0.249 e. The minimum absolute atomic E-state index is 0.0235. The third-order valence-electron chi connectivity index (χ3n) is 4.98. The molecule has 0 bridgehead atoms. The summed E-state index contributed by atoms with van der Waals surface area (Å²) in [5.74, 6) is 0.216. The van der Waals surface area contributed by atoms with Crippen LogP contribution in [0.2, 0.25) is 0 Å². The van der Waals surface area contributed by atoms with Crippen molar-refractivity contribution in [3.05, 3.63) is 78.4 Å². The van der Waals surface area contributed by atoms with Crippen LogP contribution in [0.3, 0.4) is 0 Å². The molecule has 164 valence electrons. The van der Waals surface area contributed by atoms with E-state index in [9.17, 15) is 13.2 Å². The molecule has 0 unspecified atom stereocenters. The topological polar surface area (TPSA) is 101 Å². The number of ether oxygens (including phenoxy) is 1. The minimum atomic E-state index is -4.09. The summed E-state index contributed by atoms with van der Waals surface area (Å²) in [4.78, 5) is 14.8. The van der Waals surface area contributed by atoms with Crippen molar-refractivity contribution in [1.82, 2.24) is 13.5 Å². The van der Waals surface area contributed by atoms with Gasteiger partial charge in [0.2, 0.25) is 15.9 Å². The molecule has 3 aromatic carbocycles. The third kappa shape index (κ3) is 4.33. The Morgan fingerprint density at radius 2 is 1.72 bits per heavy atom. The number of carbonyl (C=O) groups excluding carboxylic acids is 1. The number of methoxy groups -OCH3 is 1. The van der Waals surface area contributed by atoms with Gasteiger partial charge in [-0.05, 0) is 42.0 Å². The third-order valence-corrected chi connectivity index (χ3v) is 6.98. The number of carbonyl (C=O) groups is 1. The van der Waals surface area contributed by atoms with E-state index in [4.69, 9.17) is 4.74 Å². The Balaban J connectivity index is 1.71. The Morgan fingerprint density at radius 3 is 2.41 bits per heavy atom. The summed E-state index contributed by atoms with van der Waals surface area (Å²) in [6.45, 7) is 0. The molecule has 0 radical (unpaired) electrons. The zero-order valence-electron chi connectivity index (χ0n) is 17.3. The number of anilines is 1. The molecule has 0 fully saturated rings. The molecule has 1 aromatic heterocycles. The summed E-state index contributed by atoms with van der Waals surface area (Å²) >= 11 is 0.932. The van der Waals surface area contributed by atoms with E-state index in [0.717, 1.165) is 11.7 Å². The first kappa shape index (κ1) is 21.9. The van der Waals surface area contributed by atoms with Crippen molar-refractivity contribution in [2.45, 2.75) is 10.9 Å². The van der Waals surface area contributed by atoms with Crippen LogP contribution in [0.15, 0.2) is 77.7 Å². The van der Waals surface area contributed by atoms with E-state index in [1.807, 2.05) is 0 Å². The number of hydrogen-bond donors (Lipinski definition) is 1. The molecule has 0 saturated carbocycles. The molecule has 1 atom stereocenters. The van der Waals surface area contributed by atoms with Crippen molar-refractivity contribution in [2.75, 3.05) is 19.1 Å². The standard InChI is InChI=1S/C22H20N4O4S2/c1-26(16-11-13-17(30-2)14-12-16)22(27)20(15-7-4-3-5-8-15)25-32(28,29)19-10-6-9-18-21(19)24-31-23-18/h3-14,20,25H,1-2H3/t20-/m0/s1. The lowest BCUT2D eigenvalue weighted by atomic mass is 10.1. The molecular formula is C22H20N4O4S2. The average molecular weight is 469 g/mol. The predicted molar refractivity (Wildman–Crippen MR) is 123 cm³/mol. The molecule has 0 aliphatic carbocycles. The highest BCUT2D eigenvalue weighted by Gasteiger charge is 2.31. The summed E-state index contributed by atoms with van der Waals surface area (Å²) in [5, 5.41) is 0. The zero-order valence-corrected chi connectivity index (χ0v) is 18.9. The van der Waals surface area contributed by atoms with Gasteiger partial charge in [-0.25, -0.2) is 8.42 Å². The molecule has 0 spiro atoms. The van der Waals surface area contributed by atoms with Crippen LogP contribution >= 0.6 is 11.7 Å². The van der Waals surface area contributed by atoms with Crippen molar-refractivity contribution in [1.29, 1.82) is 0 Å². The minimum Gasteiger partial charge on any atom is -0.497 e. The largest absolute Gasteiger partial charge is 0.497 e. The van der Waals surface area contributed by atoms with E-state index >= 15 is 0 Å². The summed E-state index contributed by atoms with van der Waals surface area (Å²) in [7, 11) is -0.934. The lowest BCUT2D eigenvalue weighted by molar-refractivity contribution is -0.120. The molecule has 4 aromatic rings. The van der Waals surface area contributed by atoms with Gasteiger partial charge in [-0.3, -0.25) is 4.79 Å². The van der Waals surface area contributed by atoms with Crippen molar-refractivity contribution >= 4 is 44.4 Å². The molecule has 1 amide bonds. The molecule has 1 N–H and O–H groups in total. The number of rotatable bonds is 7. The highest BCUT2D eigenvalue weighted by atomic mass is 32.2. The van der Waals surface area contributed by atoms with Gasteiger partial charge in [-0.2, -0.15) is 13.5 Å². The van der Waals surface area contributed by atoms with Gasteiger partial charge < -0.3 is 9.64 Å². The first-order valence-electron chi connectivity index (χ1n) is 9.61. The van der Waals surface area contributed by atoms with Crippen molar-refractivity contribution in [3.63, 3.8) is 0 Å². The smallest absolute Gasteiger partial charge is 0.249 e. The van der Waals surface area contributed by atoms with Crippen LogP contribution in [0, 0.1) is 0 Å². The summed E-state index contributed by atoms with van der Waals surface area (Å²) in [6, 6.07) is 19.2. The molecular weight excluding hydrogens is 448 g/mol. The second-order valence-corrected chi connectivity index (χ2v) is 9.16. The van der Waals surface area contributed by atoms with Gasteiger partial charge in [0.1, 0.15) is 27.7 Å². The van der Waals surface area contributed by atoms with Crippen molar-refractivity contribution in [2.24, 2.45) is 0 Å². The van der Waals surface area contributed by atoms with E-state index in [-0.39, 0.29) is 10.4 Å². The number of nitrogens with zero attached hydrogens (tertiary/aromatic N) is 3. The van der Waals surface area contributed by atoms with E-state index in [2.05, 4.69) is 13.5 Å². The lowest BCUT2D eigenvalue weighted by Crippen LogP contribution is -2.41. The Morgan fingerprint density at radius 1 is 1.00 bits per heavy atom. The van der Waals surface area contributed by atoms with E-state index in [1.54, 1.807) is 80.9 Å². The van der Waals surface area contributed by atoms with Crippen LogP contribution in [-0.2, 0) is 14.8 Å². The van der Waals surface area contributed by atoms with Gasteiger partial charge >= 0.3 is 0 Å². The molecule has 10 heteroatoms. The number of aromatic nitrogens is 2. The fourth-order valence-electron chi connectivity index (χ4n) is 3.25. The number of nitrogens with one attached hydrogen (secondary N) is 1. The monoisotopic (exact) mass is 468 g/mol. The Hall–Kier alpha value is -3.34. The van der Waals surface area contributed by atoms with Crippen molar-refractivity contribution < 1.29 is 17.9 Å². The highest BCUT2D eigenvalue weighted by molar-refractivity contribution is 7.89. The second kappa shape index (κ2) is 9.03. The van der Waals surface area contributed by atoms with Crippen LogP contribution in [-0.4, -0.2) is 37.2 Å². The Labute approximate surface area is 189 Å². The molecule has 0 aliphatic heterocycles. The van der Waals surface area contributed by atoms with Gasteiger partial charge in [0.15, 0.2) is 0 Å². The molecule has 0 saturated heterocycles. The normalized spacial score (nSPS) is 12.4. The molecule has 32 heavy (non-hydrogen) atoms. The fraction of sp³-hybridized carbons (Fsp3) is 0.136. The van der Waals surface area contributed by atoms with Gasteiger partial charge in [0, 0.05) is 12.7 Å². The number of benzene rings is 3. The summed E-state index contributed by atoms with van der Waals surface area (Å²) in [5.41, 5.74) is 1.87. The first-order chi connectivity index (χ1) is 15.4. The Kier molecular flexibility index (Phi) is 6.17. The van der Waals surface area contributed by atoms with Crippen molar-refractivity contribution in [3.8, 4) is 5.75 Å². The van der Waals surface area contributed by atoms with E-state index < -0.39 is 22.0 Å². The maximum atomic E-state index is 13.5. The number of amides is 1. The van der Waals surface area contributed by atoms with E-state index in [0.29, 0.717) is 22.5 Å². The quantitative estimate of drug-likeness (QED) is 0.446. The number of fused-ring (bicyclic) bond motifs is 1. The van der Waals surface area contributed by atoms with E-state index in [1.165, 1.54) is 11.0 Å². The molecule has 0 aliphatic rings. The van der Waals surface area contributed by atoms with Crippen LogP contribution in [0.25, 0.3) is 11.0 Å².